The molecule has 0 saturated carbocycles. The topological polar surface area (TPSA) is 309 Å². The number of fused-ring (bicyclic) bond motifs is 15. The van der Waals surface area contributed by atoms with E-state index in [1.165, 1.54) is 36.4 Å². The van der Waals surface area contributed by atoms with Crippen molar-refractivity contribution in [3.63, 3.8) is 0 Å². The number of phenolic OH excluding ortho intramolecular Hbond substituents is 10. The lowest BCUT2D eigenvalue weighted by atomic mass is 9.70. The van der Waals surface area contributed by atoms with Gasteiger partial charge in [-0.1, -0.05) is 6.07 Å². The average Bonchev–Trinajstić information content (AvgIpc) is 3.22. The number of benzene rings is 6. The van der Waals surface area contributed by atoms with Crippen molar-refractivity contribution in [2.24, 2.45) is 0 Å². The fourth-order valence-electron chi connectivity index (χ4n) is 9.70. The normalized spacial score (nSPS) is 26.7. The van der Waals surface area contributed by atoms with Gasteiger partial charge >= 0.3 is 11.6 Å². The van der Waals surface area contributed by atoms with Gasteiger partial charge in [-0.15, -0.1) is 0 Å². The van der Waals surface area contributed by atoms with E-state index in [4.69, 9.17) is 23.7 Å². The van der Waals surface area contributed by atoms with Crippen molar-refractivity contribution in [3.8, 4) is 86.2 Å². The first-order chi connectivity index (χ1) is 30.0. The summed E-state index contributed by atoms with van der Waals surface area (Å²) in [7, 11) is 0. The minimum absolute atomic E-state index is 0.0277. The molecule has 0 radical (unpaired) electrons. The van der Waals surface area contributed by atoms with Crippen molar-refractivity contribution in [1.82, 2.24) is 0 Å². The van der Waals surface area contributed by atoms with Gasteiger partial charge in [-0.25, -0.2) is 0 Å². The van der Waals surface area contributed by atoms with Crippen molar-refractivity contribution in [1.29, 1.82) is 0 Å². The van der Waals surface area contributed by atoms with E-state index in [1.54, 1.807) is 0 Å². The fraction of sp³-hybridized carbons (Fsp3) is 0.200. The predicted molar refractivity (Wildman–Crippen MR) is 210 cm³/mol. The second-order valence-electron chi connectivity index (χ2n) is 16.1. The minimum atomic E-state index is -2.43. The first-order valence-electron chi connectivity index (χ1n) is 19.4. The quantitative estimate of drug-likeness (QED) is 0.112. The molecule has 0 aliphatic carbocycles. The number of hydrogen-bond acceptors (Lipinski definition) is 18. The van der Waals surface area contributed by atoms with Crippen LogP contribution < -0.4 is 23.7 Å². The van der Waals surface area contributed by atoms with Crippen LogP contribution >= 0.6 is 0 Å². The van der Waals surface area contributed by atoms with Gasteiger partial charge in [0, 0.05) is 69.6 Å². The Morgan fingerprint density at radius 3 is 1.51 bits per heavy atom. The summed E-state index contributed by atoms with van der Waals surface area (Å²) in [5.41, 5.74) is -0.123. The summed E-state index contributed by atoms with van der Waals surface area (Å²) in [6.07, 6.45) is -6.54. The van der Waals surface area contributed by atoms with Crippen LogP contribution in [0.15, 0.2) is 78.9 Å². The maximum absolute atomic E-state index is 12.7. The zero-order chi connectivity index (χ0) is 44.2. The molecule has 2 unspecified atom stereocenters. The molecule has 18 heteroatoms. The van der Waals surface area contributed by atoms with Crippen LogP contribution in [-0.2, 0) is 18.0 Å². The highest BCUT2D eigenvalue weighted by atomic mass is 16.7. The van der Waals surface area contributed by atoms with E-state index in [-0.39, 0.29) is 79.7 Å². The van der Waals surface area contributed by atoms with Crippen LogP contribution in [0.2, 0.25) is 0 Å². The third-order valence-electron chi connectivity index (χ3n) is 12.5. The summed E-state index contributed by atoms with van der Waals surface area (Å²) in [6.45, 7) is 0. The molecule has 4 bridgehead atoms. The van der Waals surface area contributed by atoms with Crippen LogP contribution in [0, 0.1) is 0 Å². The van der Waals surface area contributed by atoms with Crippen LogP contribution in [0.5, 0.6) is 86.2 Å². The van der Waals surface area contributed by atoms with Crippen molar-refractivity contribution >= 4 is 0 Å². The first kappa shape index (κ1) is 38.1. The van der Waals surface area contributed by atoms with Crippen molar-refractivity contribution in [3.05, 3.63) is 123 Å². The SMILES string of the molecule is Oc1cc(O)c2c(c1)O[C@@]1(c3ccc(O)c(O)c3)Oc3cc(O)c4c(c3C2[C@H]1O)O[C@@]1(c2ccc(O)c(O)c2)Oc2cc(O)c3c(c2C4[C@H]1O)O[C@H](c1ccc(O)c(O)c1)[C@H](O)C3. The van der Waals surface area contributed by atoms with Crippen LogP contribution in [0.4, 0.5) is 0 Å². The molecule has 63 heavy (non-hydrogen) atoms. The number of phenols is 10. The first-order valence-corrected chi connectivity index (χ1v) is 19.4. The molecule has 0 fully saturated rings. The van der Waals surface area contributed by atoms with Crippen molar-refractivity contribution < 1.29 is 90.1 Å². The van der Waals surface area contributed by atoms with E-state index in [0.717, 1.165) is 42.5 Å². The molecule has 0 saturated heterocycles. The van der Waals surface area contributed by atoms with Gasteiger partial charge < -0.3 is 90.1 Å². The van der Waals surface area contributed by atoms with Gasteiger partial charge in [0.15, 0.2) is 34.5 Å². The van der Waals surface area contributed by atoms with Crippen molar-refractivity contribution in [2.45, 2.75) is 54.2 Å². The van der Waals surface area contributed by atoms with Gasteiger partial charge in [0.2, 0.25) is 0 Å². The van der Waals surface area contributed by atoms with Crippen LogP contribution in [0.25, 0.3) is 0 Å². The molecule has 13 N–H and O–H groups in total. The Bertz CT molecular complexity index is 2990. The number of rotatable bonds is 3. The van der Waals surface area contributed by atoms with E-state index in [0.29, 0.717) is 0 Å². The number of aliphatic hydroxyl groups is 3. The van der Waals surface area contributed by atoms with Gasteiger partial charge in [-0.3, -0.25) is 0 Å². The monoisotopic (exact) mass is 862 g/mol. The molecule has 6 aromatic rings. The fourth-order valence-corrected chi connectivity index (χ4v) is 9.70. The molecule has 18 nitrogen and oxygen atoms in total. The maximum atomic E-state index is 12.7. The summed E-state index contributed by atoms with van der Waals surface area (Å²) in [4.78, 5) is 0. The summed E-state index contributed by atoms with van der Waals surface area (Å²) in [6, 6.07) is 15.2. The summed E-state index contributed by atoms with van der Waals surface area (Å²) < 4.78 is 32.6. The molecular formula is C45H34O18. The third kappa shape index (κ3) is 5.04. The highest BCUT2D eigenvalue weighted by Crippen LogP contribution is 2.67. The molecule has 6 aromatic carbocycles. The zero-order valence-corrected chi connectivity index (χ0v) is 32.0. The molecule has 11 rings (SSSR count). The molecule has 5 aliphatic heterocycles. The second kappa shape index (κ2) is 12.6. The number of aromatic hydroxyl groups is 10. The van der Waals surface area contributed by atoms with E-state index < -0.39 is 105 Å². The molecule has 322 valence electrons. The highest BCUT2D eigenvalue weighted by molar-refractivity contribution is 5.73. The Hall–Kier alpha value is -7.80. The lowest BCUT2D eigenvalue weighted by Gasteiger charge is -2.53. The molecule has 8 atom stereocenters. The lowest BCUT2D eigenvalue weighted by molar-refractivity contribution is -0.227. The van der Waals surface area contributed by atoms with E-state index in [1.807, 2.05) is 0 Å². The van der Waals surface area contributed by atoms with E-state index in [9.17, 15) is 66.4 Å². The molecule has 0 amide bonds. The number of aliphatic hydroxyl groups excluding tert-OH is 3. The molecule has 5 aliphatic rings. The van der Waals surface area contributed by atoms with Crippen LogP contribution in [0.3, 0.4) is 0 Å². The van der Waals surface area contributed by atoms with Gasteiger partial charge in [-0.05, 0) is 54.1 Å². The van der Waals surface area contributed by atoms with E-state index in [2.05, 4.69) is 0 Å². The van der Waals surface area contributed by atoms with Gasteiger partial charge in [0.25, 0.3) is 0 Å². The number of ether oxygens (including phenoxy) is 5. The molecular weight excluding hydrogens is 828 g/mol. The highest BCUT2D eigenvalue weighted by Gasteiger charge is 2.64. The van der Waals surface area contributed by atoms with Gasteiger partial charge in [-0.2, -0.15) is 0 Å². The van der Waals surface area contributed by atoms with Crippen LogP contribution in [0.1, 0.15) is 62.4 Å². The Labute approximate surface area is 353 Å². The van der Waals surface area contributed by atoms with Gasteiger partial charge in [0.05, 0.1) is 17.9 Å². The standard InChI is InChI=1S/C45H34O18/c46-18-10-27(54)33-30(11-18)60-44(16-2-5-21(48)25(52)8-16)42(57)37(33)36-32(61-44)14-28(55)34-38-35-31(62-45(43(38)58,63-41(34)36)17-3-6-22(49)26(53)9-17)13-23(50)19-12-29(56)39(59-40(19)35)15-1-4-20(47)24(51)7-15/h1-11,13-14,29,37-39,42-43,46-58H,12H2/t29-,37?,38?,39-,42-,43-,44+,45-/m1/s1. The summed E-state index contributed by atoms with van der Waals surface area (Å²) in [5.74, 6) is -13.8. The third-order valence-corrected chi connectivity index (χ3v) is 12.5. The number of hydrogen-bond donors (Lipinski definition) is 13. The Balaban J connectivity index is 1.20. The second-order valence-corrected chi connectivity index (χ2v) is 16.1. The predicted octanol–water partition coefficient (Wildman–Crippen LogP) is 4.04. The Kier molecular flexibility index (Phi) is 7.65. The minimum Gasteiger partial charge on any atom is -0.508 e. The van der Waals surface area contributed by atoms with Crippen LogP contribution in [-0.4, -0.2) is 84.7 Å². The molecule has 5 heterocycles. The van der Waals surface area contributed by atoms with Gasteiger partial charge in [0.1, 0.15) is 70.1 Å². The molecule has 0 spiro atoms. The summed E-state index contributed by atoms with van der Waals surface area (Å²) >= 11 is 0. The van der Waals surface area contributed by atoms with Crippen molar-refractivity contribution in [2.75, 3.05) is 0 Å². The maximum Gasteiger partial charge on any atom is 0.305 e. The smallest absolute Gasteiger partial charge is 0.305 e. The van der Waals surface area contributed by atoms with E-state index >= 15 is 0 Å². The average molecular weight is 863 g/mol. The summed E-state index contributed by atoms with van der Waals surface area (Å²) in [5, 5.41) is 145. The Morgan fingerprint density at radius 1 is 0.429 bits per heavy atom. The lowest BCUT2D eigenvalue weighted by Crippen LogP contribution is -2.59. The zero-order valence-electron chi connectivity index (χ0n) is 32.0. The molecule has 0 aromatic heterocycles. The largest absolute Gasteiger partial charge is 0.508 e. The Morgan fingerprint density at radius 2 is 0.921 bits per heavy atom.